The van der Waals surface area contributed by atoms with E-state index in [0.29, 0.717) is 6.54 Å². The van der Waals surface area contributed by atoms with Crippen LogP contribution in [-0.4, -0.2) is 27.5 Å². The van der Waals surface area contributed by atoms with Crippen LogP contribution in [0.15, 0.2) is 53.9 Å². The summed E-state index contributed by atoms with van der Waals surface area (Å²) in [5.74, 6) is 1.42. The van der Waals surface area contributed by atoms with Crippen molar-refractivity contribution in [3.63, 3.8) is 0 Å². The second-order valence-electron chi connectivity index (χ2n) is 7.01. The van der Waals surface area contributed by atoms with Crippen molar-refractivity contribution in [1.82, 2.24) is 14.9 Å². The molecule has 2 heterocycles. The Bertz CT molecular complexity index is 1050. The standard InChI is InChI=1S/C22H23N3O3S/c1-14-4-6-18(10-15(14)2)25-9-8-23-22(25)29-16(3)21(26)24-12-17-5-7-19-20(11-17)28-13-27-19/h4-11,16H,12-13H2,1-3H3,(H,24,26). The minimum absolute atomic E-state index is 0.0395. The van der Waals surface area contributed by atoms with Gasteiger partial charge in [0.1, 0.15) is 0 Å². The third-order valence-electron chi connectivity index (χ3n) is 4.93. The lowest BCUT2D eigenvalue weighted by molar-refractivity contribution is -0.120. The number of ether oxygens (including phenoxy) is 2. The second-order valence-corrected chi connectivity index (χ2v) is 8.32. The van der Waals surface area contributed by atoms with Gasteiger partial charge >= 0.3 is 0 Å². The lowest BCUT2D eigenvalue weighted by Gasteiger charge is -2.14. The van der Waals surface area contributed by atoms with Crippen LogP contribution < -0.4 is 14.8 Å². The van der Waals surface area contributed by atoms with Crippen LogP contribution in [0.2, 0.25) is 0 Å². The molecule has 150 valence electrons. The number of hydrogen-bond donors (Lipinski definition) is 1. The molecule has 0 aliphatic carbocycles. The molecule has 0 spiro atoms. The maximum Gasteiger partial charge on any atom is 0.233 e. The fourth-order valence-corrected chi connectivity index (χ4v) is 3.95. The summed E-state index contributed by atoms with van der Waals surface area (Å²) in [6, 6.07) is 12.0. The zero-order chi connectivity index (χ0) is 20.4. The third-order valence-corrected chi connectivity index (χ3v) is 6.01. The van der Waals surface area contributed by atoms with Crippen LogP contribution in [0.1, 0.15) is 23.6 Å². The number of rotatable bonds is 6. The number of carbonyl (C=O) groups excluding carboxylic acids is 1. The minimum Gasteiger partial charge on any atom is -0.454 e. The number of nitrogens with zero attached hydrogens (tertiary/aromatic N) is 2. The first kappa shape index (κ1) is 19.4. The Hall–Kier alpha value is -2.93. The van der Waals surface area contributed by atoms with Gasteiger partial charge in [-0.3, -0.25) is 9.36 Å². The van der Waals surface area contributed by atoms with Gasteiger partial charge in [-0.05, 0) is 61.7 Å². The van der Waals surface area contributed by atoms with E-state index in [0.717, 1.165) is 27.9 Å². The fraction of sp³-hybridized carbons (Fsp3) is 0.273. The SMILES string of the molecule is Cc1ccc(-n2ccnc2SC(C)C(=O)NCc2ccc3c(c2)OCO3)cc1C. The molecule has 2 aromatic carbocycles. The fourth-order valence-electron chi connectivity index (χ4n) is 3.04. The molecule has 6 nitrogen and oxygen atoms in total. The zero-order valence-corrected chi connectivity index (χ0v) is 17.5. The van der Waals surface area contributed by atoms with Crippen molar-refractivity contribution >= 4 is 17.7 Å². The summed E-state index contributed by atoms with van der Waals surface area (Å²) in [4.78, 5) is 17.0. The molecule has 3 aromatic rings. The smallest absolute Gasteiger partial charge is 0.233 e. The van der Waals surface area contributed by atoms with Crippen molar-refractivity contribution in [2.24, 2.45) is 0 Å². The van der Waals surface area contributed by atoms with Gasteiger partial charge in [-0.25, -0.2) is 4.98 Å². The molecule has 0 bridgehead atoms. The van der Waals surface area contributed by atoms with Crippen LogP contribution in [0.25, 0.3) is 5.69 Å². The highest BCUT2D eigenvalue weighted by atomic mass is 32.2. The van der Waals surface area contributed by atoms with Crippen LogP contribution in [0.4, 0.5) is 0 Å². The summed E-state index contributed by atoms with van der Waals surface area (Å²) in [6.07, 6.45) is 3.68. The van der Waals surface area contributed by atoms with E-state index in [1.54, 1.807) is 6.20 Å². The average molecular weight is 410 g/mol. The van der Waals surface area contributed by atoms with Crippen molar-refractivity contribution in [1.29, 1.82) is 0 Å². The summed E-state index contributed by atoms with van der Waals surface area (Å²) >= 11 is 1.44. The number of aromatic nitrogens is 2. The number of benzene rings is 2. The third kappa shape index (κ3) is 4.24. The molecule has 7 heteroatoms. The molecule has 0 saturated heterocycles. The van der Waals surface area contributed by atoms with Crippen LogP contribution >= 0.6 is 11.8 Å². The van der Waals surface area contributed by atoms with E-state index in [1.165, 1.54) is 22.9 Å². The molecular formula is C22H23N3O3S. The molecule has 1 amide bonds. The number of fused-ring (bicyclic) bond motifs is 1. The normalized spacial score (nSPS) is 13.3. The van der Waals surface area contributed by atoms with Crippen LogP contribution in [-0.2, 0) is 11.3 Å². The van der Waals surface area contributed by atoms with Crippen molar-refractivity contribution in [3.8, 4) is 17.2 Å². The van der Waals surface area contributed by atoms with Gasteiger partial charge in [0.2, 0.25) is 12.7 Å². The van der Waals surface area contributed by atoms with E-state index in [4.69, 9.17) is 9.47 Å². The van der Waals surface area contributed by atoms with Crippen LogP contribution in [0.5, 0.6) is 11.5 Å². The molecule has 1 N–H and O–H groups in total. The monoisotopic (exact) mass is 409 g/mol. The zero-order valence-electron chi connectivity index (χ0n) is 16.6. The van der Waals surface area contributed by atoms with Gasteiger partial charge in [-0.1, -0.05) is 23.9 Å². The first-order chi connectivity index (χ1) is 14.0. The number of thioether (sulfide) groups is 1. The summed E-state index contributed by atoms with van der Waals surface area (Å²) in [7, 11) is 0. The Balaban J connectivity index is 1.39. The Labute approximate surface area is 174 Å². The number of amides is 1. The number of nitrogens with one attached hydrogen (secondary N) is 1. The summed E-state index contributed by atoms with van der Waals surface area (Å²) < 4.78 is 12.7. The van der Waals surface area contributed by atoms with Gasteiger partial charge in [0.25, 0.3) is 0 Å². The predicted molar refractivity (Wildman–Crippen MR) is 113 cm³/mol. The molecule has 1 aromatic heterocycles. The van der Waals surface area contributed by atoms with Gasteiger partial charge in [0, 0.05) is 24.6 Å². The van der Waals surface area contributed by atoms with Crippen molar-refractivity contribution in [2.45, 2.75) is 37.7 Å². The second kappa shape index (κ2) is 8.21. The van der Waals surface area contributed by atoms with Crippen molar-refractivity contribution in [2.75, 3.05) is 6.79 Å². The summed E-state index contributed by atoms with van der Waals surface area (Å²) in [6.45, 7) is 6.75. The molecule has 1 aliphatic rings. The van der Waals surface area contributed by atoms with Gasteiger partial charge < -0.3 is 14.8 Å². The number of aryl methyl sites for hydroxylation is 2. The molecule has 1 atom stereocenters. The Kier molecular flexibility index (Phi) is 5.49. The van der Waals surface area contributed by atoms with Gasteiger partial charge in [0.15, 0.2) is 16.7 Å². The number of hydrogen-bond acceptors (Lipinski definition) is 5. The van der Waals surface area contributed by atoms with E-state index in [-0.39, 0.29) is 18.0 Å². The van der Waals surface area contributed by atoms with E-state index in [9.17, 15) is 4.79 Å². The topological polar surface area (TPSA) is 65.4 Å². The highest BCUT2D eigenvalue weighted by Gasteiger charge is 2.19. The molecular weight excluding hydrogens is 386 g/mol. The highest BCUT2D eigenvalue weighted by Crippen LogP contribution is 2.32. The number of imidazole rings is 1. The molecule has 29 heavy (non-hydrogen) atoms. The van der Waals surface area contributed by atoms with E-state index < -0.39 is 0 Å². The summed E-state index contributed by atoms with van der Waals surface area (Å²) in [5.41, 5.74) is 4.48. The molecule has 1 unspecified atom stereocenters. The maximum absolute atomic E-state index is 12.6. The largest absolute Gasteiger partial charge is 0.454 e. The Morgan fingerprint density at radius 3 is 2.83 bits per heavy atom. The van der Waals surface area contributed by atoms with Crippen LogP contribution in [0, 0.1) is 13.8 Å². The lowest BCUT2D eigenvalue weighted by atomic mass is 10.1. The molecule has 0 fully saturated rings. The quantitative estimate of drug-likeness (QED) is 0.623. The molecule has 4 rings (SSSR count). The molecule has 0 saturated carbocycles. The van der Waals surface area contributed by atoms with E-state index in [2.05, 4.69) is 42.3 Å². The first-order valence-electron chi connectivity index (χ1n) is 9.45. The van der Waals surface area contributed by atoms with Gasteiger partial charge in [-0.2, -0.15) is 0 Å². The van der Waals surface area contributed by atoms with E-state index in [1.807, 2.05) is 35.9 Å². The Morgan fingerprint density at radius 1 is 1.17 bits per heavy atom. The molecule has 1 aliphatic heterocycles. The molecule has 0 radical (unpaired) electrons. The first-order valence-corrected chi connectivity index (χ1v) is 10.3. The number of carbonyl (C=O) groups is 1. The lowest BCUT2D eigenvalue weighted by Crippen LogP contribution is -2.30. The maximum atomic E-state index is 12.6. The highest BCUT2D eigenvalue weighted by molar-refractivity contribution is 8.00. The van der Waals surface area contributed by atoms with Crippen LogP contribution in [0.3, 0.4) is 0 Å². The average Bonchev–Trinajstić information content (AvgIpc) is 3.37. The van der Waals surface area contributed by atoms with Gasteiger partial charge in [-0.15, -0.1) is 0 Å². The minimum atomic E-state index is -0.281. The van der Waals surface area contributed by atoms with Crippen molar-refractivity contribution in [3.05, 3.63) is 65.5 Å². The predicted octanol–water partition coefficient (Wildman–Crippen LogP) is 4.01. The van der Waals surface area contributed by atoms with Gasteiger partial charge in [0.05, 0.1) is 5.25 Å². The van der Waals surface area contributed by atoms with E-state index >= 15 is 0 Å². The Morgan fingerprint density at radius 2 is 2.00 bits per heavy atom. The van der Waals surface area contributed by atoms with Crippen molar-refractivity contribution < 1.29 is 14.3 Å². The summed E-state index contributed by atoms with van der Waals surface area (Å²) in [5, 5.41) is 3.49.